The Labute approximate surface area is 221 Å². The first-order valence-electron chi connectivity index (χ1n) is 13.0. The second kappa shape index (κ2) is 11.4. The average Bonchev–Trinajstić information content (AvgIpc) is 3.21. The van der Waals surface area contributed by atoms with Crippen molar-refractivity contribution in [2.75, 3.05) is 25.1 Å². The van der Waals surface area contributed by atoms with Crippen molar-refractivity contribution in [1.82, 2.24) is 10.6 Å². The molecule has 0 heterocycles. The Hall–Kier alpha value is -4.33. The highest BCUT2D eigenvalue weighted by Crippen LogP contribution is 2.44. The lowest BCUT2D eigenvalue weighted by Crippen LogP contribution is -2.35. The Morgan fingerprint density at radius 2 is 1.58 bits per heavy atom. The number of hydrogen-bond acceptors (Lipinski definition) is 5. The van der Waals surface area contributed by atoms with Gasteiger partial charge in [-0.15, -0.1) is 0 Å². The molecule has 3 N–H and O–H groups in total. The smallest absolute Gasteiger partial charge is 0.415 e. The largest absolute Gasteiger partial charge is 0.491 e. The van der Waals surface area contributed by atoms with Crippen LogP contribution in [-0.2, 0) is 4.74 Å². The van der Waals surface area contributed by atoms with Gasteiger partial charge in [0, 0.05) is 18.0 Å². The third kappa shape index (κ3) is 5.49. The van der Waals surface area contributed by atoms with Gasteiger partial charge in [0.25, 0.3) is 5.91 Å². The molecule has 2 aliphatic rings. The second-order valence-corrected chi connectivity index (χ2v) is 9.58. The standard InChI is InChI=1S/C30H31N3O5/c1-2-31-28(34)20-14-15-26(27(16-20)37-17-19-8-7-9-19)32-29(35)33-30(36)38-18-25-23-12-5-3-10-21(23)22-11-4-6-13-24(22)25/h3-6,10-16,19,25H,2,7-9,17-18H2,1H3,(H,31,34)(H2,32,33,35,36). The number of amides is 4. The molecule has 8 nitrogen and oxygen atoms in total. The quantitative estimate of drug-likeness (QED) is 0.359. The lowest BCUT2D eigenvalue weighted by Gasteiger charge is -2.25. The van der Waals surface area contributed by atoms with Gasteiger partial charge in [-0.25, -0.2) is 14.9 Å². The molecule has 4 amide bonds. The number of carbonyl (C=O) groups is 3. The van der Waals surface area contributed by atoms with E-state index < -0.39 is 12.1 Å². The molecule has 1 fully saturated rings. The average molecular weight is 514 g/mol. The number of carbonyl (C=O) groups excluding carboxylic acids is 3. The molecule has 0 aromatic heterocycles. The Kier molecular flexibility index (Phi) is 7.58. The molecule has 5 rings (SSSR count). The highest BCUT2D eigenvalue weighted by atomic mass is 16.5. The van der Waals surface area contributed by atoms with Crippen LogP contribution in [0.3, 0.4) is 0 Å². The predicted octanol–water partition coefficient (Wildman–Crippen LogP) is 5.69. The van der Waals surface area contributed by atoms with Crippen LogP contribution in [0.2, 0.25) is 0 Å². The molecular weight excluding hydrogens is 482 g/mol. The molecule has 0 atom stereocenters. The van der Waals surface area contributed by atoms with E-state index in [0.717, 1.165) is 35.1 Å². The molecule has 8 heteroatoms. The lowest BCUT2D eigenvalue weighted by molar-refractivity contribution is 0.0955. The van der Waals surface area contributed by atoms with Crippen molar-refractivity contribution in [3.05, 3.63) is 83.4 Å². The topological polar surface area (TPSA) is 106 Å². The minimum absolute atomic E-state index is 0.101. The molecule has 0 saturated heterocycles. The van der Waals surface area contributed by atoms with Crippen molar-refractivity contribution < 1.29 is 23.9 Å². The fourth-order valence-corrected chi connectivity index (χ4v) is 4.90. The van der Waals surface area contributed by atoms with Crippen LogP contribution in [0.25, 0.3) is 11.1 Å². The predicted molar refractivity (Wildman–Crippen MR) is 145 cm³/mol. The van der Waals surface area contributed by atoms with Gasteiger partial charge in [0.2, 0.25) is 0 Å². The molecule has 2 aliphatic carbocycles. The number of imide groups is 1. The highest BCUT2D eigenvalue weighted by molar-refractivity contribution is 6.01. The Balaban J connectivity index is 1.21. The monoisotopic (exact) mass is 513 g/mol. The van der Waals surface area contributed by atoms with Crippen LogP contribution >= 0.6 is 0 Å². The maximum absolute atomic E-state index is 12.6. The maximum Gasteiger partial charge on any atom is 0.415 e. The van der Waals surface area contributed by atoms with Crippen LogP contribution in [0.5, 0.6) is 5.75 Å². The number of fused-ring (bicyclic) bond motifs is 3. The summed E-state index contributed by atoms with van der Waals surface area (Å²) in [6.07, 6.45) is 2.53. The lowest BCUT2D eigenvalue weighted by atomic mass is 9.86. The Morgan fingerprint density at radius 3 is 2.21 bits per heavy atom. The summed E-state index contributed by atoms with van der Waals surface area (Å²) in [5.41, 5.74) is 5.22. The van der Waals surface area contributed by atoms with E-state index in [-0.39, 0.29) is 18.4 Å². The summed E-state index contributed by atoms with van der Waals surface area (Å²) in [7, 11) is 0. The van der Waals surface area contributed by atoms with Crippen molar-refractivity contribution in [3.63, 3.8) is 0 Å². The molecule has 0 unspecified atom stereocenters. The van der Waals surface area contributed by atoms with Gasteiger partial charge in [-0.05, 0) is 66.1 Å². The van der Waals surface area contributed by atoms with Gasteiger partial charge in [-0.1, -0.05) is 55.0 Å². The van der Waals surface area contributed by atoms with Crippen LogP contribution in [-0.4, -0.2) is 37.8 Å². The molecule has 38 heavy (non-hydrogen) atoms. The van der Waals surface area contributed by atoms with Gasteiger partial charge in [-0.2, -0.15) is 0 Å². The Morgan fingerprint density at radius 1 is 0.895 bits per heavy atom. The van der Waals surface area contributed by atoms with Crippen molar-refractivity contribution in [2.45, 2.75) is 32.1 Å². The molecule has 0 aliphatic heterocycles. The normalized spacial score (nSPS) is 14.0. The van der Waals surface area contributed by atoms with Crippen molar-refractivity contribution in [3.8, 4) is 16.9 Å². The molecule has 196 valence electrons. The first-order chi connectivity index (χ1) is 18.5. The van der Waals surface area contributed by atoms with E-state index in [2.05, 4.69) is 28.1 Å². The van der Waals surface area contributed by atoms with E-state index in [1.54, 1.807) is 18.2 Å². The fourth-order valence-electron chi connectivity index (χ4n) is 4.90. The van der Waals surface area contributed by atoms with E-state index in [9.17, 15) is 14.4 Å². The van der Waals surface area contributed by atoms with E-state index in [1.807, 2.05) is 43.3 Å². The number of nitrogens with one attached hydrogen (secondary N) is 3. The van der Waals surface area contributed by atoms with E-state index in [1.165, 1.54) is 6.42 Å². The van der Waals surface area contributed by atoms with Gasteiger partial charge in [0.1, 0.15) is 12.4 Å². The first kappa shape index (κ1) is 25.3. The van der Waals surface area contributed by atoms with Crippen LogP contribution in [0.15, 0.2) is 66.7 Å². The van der Waals surface area contributed by atoms with Crippen molar-refractivity contribution in [2.24, 2.45) is 5.92 Å². The summed E-state index contributed by atoms with van der Waals surface area (Å²) >= 11 is 0. The third-order valence-electron chi connectivity index (χ3n) is 7.09. The molecule has 0 bridgehead atoms. The minimum Gasteiger partial charge on any atom is -0.491 e. The summed E-state index contributed by atoms with van der Waals surface area (Å²) in [5.74, 6) is 0.508. The first-order valence-corrected chi connectivity index (χ1v) is 13.0. The number of urea groups is 1. The van der Waals surface area contributed by atoms with Gasteiger partial charge in [-0.3, -0.25) is 4.79 Å². The van der Waals surface area contributed by atoms with Crippen LogP contribution < -0.4 is 20.7 Å². The zero-order valence-corrected chi connectivity index (χ0v) is 21.3. The van der Waals surface area contributed by atoms with Crippen LogP contribution in [0.1, 0.15) is 53.6 Å². The zero-order valence-electron chi connectivity index (χ0n) is 21.3. The summed E-state index contributed by atoms with van der Waals surface area (Å²) in [4.78, 5) is 37.4. The van der Waals surface area contributed by atoms with Gasteiger partial charge in [0.05, 0.1) is 12.3 Å². The third-order valence-corrected chi connectivity index (χ3v) is 7.09. The molecule has 3 aromatic carbocycles. The summed E-state index contributed by atoms with van der Waals surface area (Å²) in [6, 6.07) is 20.1. The SMILES string of the molecule is CCNC(=O)c1ccc(NC(=O)NC(=O)OCC2c3ccccc3-c3ccccc32)c(OCC2CCC2)c1. The molecule has 3 aromatic rings. The Bertz CT molecular complexity index is 1310. The van der Waals surface area contributed by atoms with Crippen molar-refractivity contribution in [1.29, 1.82) is 0 Å². The van der Waals surface area contributed by atoms with E-state index in [0.29, 0.717) is 36.1 Å². The molecule has 1 saturated carbocycles. The van der Waals surface area contributed by atoms with E-state index in [4.69, 9.17) is 9.47 Å². The summed E-state index contributed by atoms with van der Waals surface area (Å²) < 4.78 is 11.4. The van der Waals surface area contributed by atoms with Gasteiger partial charge < -0.3 is 20.1 Å². The number of benzene rings is 3. The minimum atomic E-state index is -0.847. The number of alkyl carbamates (subject to hydrolysis) is 1. The maximum atomic E-state index is 12.6. The number of rotatable bonds is 8. The fraction of sp³-hybridized carbons (Fsp3) is 0.300. The number of ether oxygens (including phenoxy) is 2. The second-order valence-electron chi connectivity index (χ2n) is 9.58. The van der Waals surface area contributed by atoms with E-state index >= 15 is 0 Å². The molecular formula is C30H31N3O5. The molecule has 0 radical (unpaired) electrons. The highest BCUT2D eigenvalue weighted by Gasteiger charge is 2.29. The number of hydrogen-bond donors (Lipinski definition) is 3. The number of anilines is 1. The van der Waals surface area contributed by atoms with Crippen LogP contribution in [0, 0.1) is 5.92 Å². The van der Waals surface area contributed by atoms with Gasteiger partial charge >= 0.3 is 12.1 Å². The zero-order chi connectivity index (χ0) is 26.5. The molecule has 0 spiro atoms. The summed E-state index contributed by atoms with van der Waals surface area (Å²) in [5, 5.41) is 7.63. The van der Waals surface area contributed by atoms with Crippen molar-refractivity contribution >= 4 is 23.7 Å². The van der Waals surface area contributed by atoms with Gasteiger partial charge in [0.15, 0.2) is 0 Å². The summed E-state index contributed by atoms with van der Waals surface area (Å²) in [6.45, 7) is 2.95. The van der Waals surface area contributed by atoms with Crippen LogP contribution in [0.4, 0.5) is 15.3 Å².